The van der Waals surface area contributed by atoms with Gasteiger partial charge in [-0.15, -0.1) is 0 Å². The number of hydrogen-bond donors (Lipinski definition) is 1. The first kappa shape index (κ1) is 17.3. The predicted octanol–water partition coefficient (Wildman–Crippen LogP) is 1.76. The van der Waals surface area contributed by atoms with Crippen molar-refractivity contribution < 1.29 is 9.59 Å². The Hall–Kier alpha value is -2.14. The van der Waals surface area contributed by atoms with Gasteiger partial charge in [-0.25, -0.2) is 0 Å². The second-order valence-electron chi connectivity index (χ2n) is 7.67. The highest BCUT2D eigenvalue weighted by molar-refractivity contribution is 5.92. The summed E-state index contributed by atoms with van der Waals surface area (Å²) in [5, 5.41) is 3.02. The largest absolute Gasteiger partial charge is 0.353 e. The van der Waals surface area contributed by atoms with Gasteiger partial charge in [-0.05, 0) is 24.8 Å². The molecule has 1 N–H and O–H groups in total. The second kappa shape index (κ2) is 7.62. The molecule has 2 atom stereocenters. The molecule has 2 unspecified atom stereocenters. The minimum atomic E-state index is -0.0741. The molecule has 2 saturated carbocycles. The molecule has 2 amide bonds. The lowest BCUT2D eigenvalue weighted by atomic mass is 10.2. The van der Waals surface area contributed by atoms with Gasteiger partial charge < -0.3 is 10.2 Å². The molecule has 1 heterocycles. The normalized spacial score (nSPS) is 26.1. The summed E-state index contributed by atoms with van der Waals surface area (Å²) >= 11 is 0. The molecular weight excluding hydrogens is 326 g/mol. The van der Waals surface area contributed by atoms with E-state index in [0.29, 0.717) is 6.04 Å². The van der Waals surface area contributed by atoms with Gasteiger partial charge in [0.05, 0.1) is 11.8 Å². The Kier molecular flexibility index (Phi) is 5.07. The van der Waals surface area contributed by atoms with Crippen LogP contribution in [0.4, 0.5) is 0 Å². The summed E-state index contributed by atoms with van der Waals surface area (Å²) in [5.41, 5.74) is 1.21. The van der Waals surface area contributed by atoms with Gasteiger partial charge in [-0.3, -0.25) is 14.5 Å². The monoisotopic (exact) mass is 353 g/mol. The first-order valence-corrected chi connectivity index (χ1v) is 9.74. The van der Waals surface area contributed by atoms with Gasteiger partial charge in [-0.2, -0.15) is 0 Å². The Morgan fingerprint density at radius 3 is 2.46 bits per heavy atom. The number of hydrogen-bond acceptors (Lipinski definition) is 3. The van der Waals surface area contributed by atoms with E-state index in [9.17, 15) is 9.59 Å². The molecule has 4 rings (SSSR count). The number of nitrogens with zero attached hydrogens (tertiary/aromatic N) is 2. The number of carbonyl (C=O) groups is 2. The van der Waals surface area contributed by atoms with E-state index in [1.54, 1.807) is 0 Å². The van der Waals surface area contributed by atoms with Crippen LogP contribution in [0.15, 0.2) is 36.4 Å². The molecule has 0 radical (unpaired) electrons. The highest BCUT2D eigenvalue weighted by Crippen LogP contribution is 2.41. The van der Waals surface area contributed by atoms with E-state index in [2.05, 4.69) is 34.5 Å². The first-order valence-electron chi connectivity index (χ1n) is 9.74. The topological polar surface area (TPSA) is 52.7 Å². The van der Waals surface area contributed by atoms with E-state index >= 15 is 0 Å². The van der Waals surface area contributed by atoms with Crippen LogP contribution in [0.25, 0.3) is 6.08 Å². The summed E-state index contributed by atoms with van der Waals surface area (Å²) in [7, 11) is 0. The molecule has 1 aromatic rings. The van der Waals surface area contributed by atoms with Crippen LogP contribution >= 0.6 is 0 Å². The zero-order valence-electron chi connectivity index (χ0n) is 15.1. The molecular formula is C21H27N3O2. The molecule has 2 aliphatic carbocycles. The molecule has 0 aromatic heterocycles. The molecule has 26 heavy (non-hydrogen) atoms. The summed E-state index contributed by atoms with van der Waals surface area (Å²) < 4.78 is 0. The van der Waals surface area contributed by atoms with Crippen molar-refractivity contribution in [3.05, 3.63) is 42.0 Å². The number of nitrogens with one attached hydrogen (secondary N) is 1. The molecule has 0 spiro atoms. The van der Waals surface area contributed by atoms with E-state index in [0.717, 1.165) is 52.0 Å². The zero-order valence-corrected chi connectivity index (χ0v) is 15.1. The van der Waals surface area contributed by atoms with E-state index in [1.165, 1.54) is 5.56 Å². The third-order valence-corrected chi connectivity index (χ3v) is 5.53. The molecule has 138 valence electrons. The molecule has 5 heteroatoms. The first-order chi connectivity index (χ1) is 12.7. The van der Waals surface area contributed by atoms with Crippen molar-refractivity contribution in [2.24, 2.45) is 11.8 Å². The zero-order chi connectivity index (χ0) is 17.9. The van der Waals surface area contributed by atoms with Crippen molar-refractivity contribution in [1.29, 1.82) is 0 Å². The van der Waals surface area contributed by atoms with Gasteiger partial charge in [0.15, 0.2) is 0 Å². The molecule has 5 nitrogen and oxygen atoms in total. The highest BCUT2D eigenvalue weighted by atomic mass is 16.2. The fourth-order valence-electron chi connectivity index (χ4n) is 3.58. The van der Waals surface area contributed by atoms with Gasteiger partial charge in [0.2, 0.25) is 11.8 Å². The maximum atomic E-state index is 12.6. The second-order valence-corrected chi connectivity index (χ2v) is 7.67. The molecule has 1 aliphatic heterocycles. The summed E-state index contributed by atoms with van der Waals surface area (Å²) in [6.07, 6.45) is 7.25. The molecule has 0 bridgehead atoms. The number of benzene rings is 1. The van der Waals surface area contributed by atoms with E-state index in [1.807, 2.05) is 23.1 Å². The summed E-state index contributed by atoms with van der Waals surface area (Å²) in [4.78, 5) is 29.0. The molecule has 3 aliphatic rings. The van der Waals surface area contributed by atoms with Crippen molar-refractivity contribution in [3.63, 3.8) is 0 Å². The SMILES string of the molecule is O=C(NC1CC1)C1CC1C(=O)N1CCN(C/C=C/c2ccccc2)CC1. The van der Waals surface area contributed by atoms with Gasteiger partial charge in [0.25, 0.3) is 0 Å². The lowest BCUT2D eigenvalue weighted by Crippen LogP contribution is -2.49. The van der Waals surface area contributed by atoms with Gasteiger partial charge in [0.1, 0.15) is 0 Å². The van der Waals surface area contributed by atoms with Crippen LogP contribution in [0.5, 0.6) is 0 Å². The van der Waals surface area contributed by atoms with Gasteiger partial charge in [-0.1, -0.05) is 42.5 Å². The maximum Gasteiger partial charge on any atom is 0.226 e. The van der Waals surface area contributed by atoms with Crippen LogP contribution in [-0.2, 0) is 9.59 Å². The molecule has 1 aromatic carbocycles. The predicted molar refractivity (Wildman–Crippen MR) is 101 cm³/mol. The van der Waals surface area contributed by atoms with Gasteiger partial charge in [0, 0.05) is 38.8 Å². The molecule has 1 saturated heterocycles. The third kappa shape index (κ3) is 4.33. The van der Waals surface area contributed by atoms with Crippen LogP contribution in [0, 0.1) is 11.8 Å². The number of carbonyl (C=O) groups excluding carboxylic acids is 2. The average molecular weight is 353 g/mol. The standard InChI is InChI=1S/C21H27N3O2/c25-20(22-17-8-9-17)18-15-19(18)21(26)24-13-11-23(12-14-24)10-4-7-16-5-2-1-3-6-16/h1-7,17-19H,8-15H2,(H,22,25)/b7-4+. The Bertz CT molecular complexity index is 676. The number of amides is 2. The maximum absolute atomic E-state index is 12.6. The van der Waals surface area contributed by atoms with Crippen LogP contribution in [-0.4, -0.2) is 60.4 Å². The Morgan fingerprint density at radius 2 is 1.77 bits per heavy atom. The average Bonchev–Trinajstić information content (AvgIpc) is 3.57. The Balaban J connectivity index is 1.18. The van der Waals surface area contributed by atoms with Crippen molar-refractivity contribution in [1.82, 2.24) is 15.1 Å². The fourth-order valence-corrected chi connectivity index (χ4v) is 3.58. The van der Waals surface area contributed by atoms with Crippen molar-refractivity contribution in [2.45, 2.75) is 25.3 Å². The van der Waals surface area contributed by atoms with Crippen molar-refractivity contribution in [3.8, 4) is 0 Å². The van der Waals surface area contributed by atoms with Crippen molar-refractivity contribution in [2.75, 3.05) is 32.7 Å². The van der Waals surface area contributed by atoms with Crippen LogP contribution in [0.2, 0.25) is 0 Å². The smallest absolute Gasteiger partial charge is 0.226 e. The van der Waals surface area contributed by atoms with Crippen molar-refractivity contribution >= 4 is 17.9 Å². The van der Waals surface area contributed by atoms with E-state index < -0.39 is 0 Å². The van der Waals surface area contributed by atoms with Crippen LogP contribution in [0.3, 0.4) is 0 Å². The lowest BCUT2D eigenvalue weighted by molar-refractivity contribution is -0.136. The minimum Gasteiger partial charge on any atom is -0.353 e. The number of piperazine rings is 1. The summed E-state index contributed by atoms with van der Waals surface area (Å²) in [5.74, 6) is 0.129. The number of rotatable bonds is 6. The fraction of sp³-hybridized carbons (Fsp3) is 0.524. The highest BCUT2D eigenvalue weighted by Gasteiger charge is 2.50. The lowest BCUT2D eigenvalue weighted by Gasteiger charge is -2.34. The summed E-state index contributed by atoms with van der Waals surface area (Å²) in [6, 6.07) is 10.7. The summed E-state index contributed by atoms with van der Waals surface area (Å²) in [6.45, 7) is 4.25. The van der Waals surface area contributed by atoms with Crippen LogP contribution in [0.1, 0.15) is 24.8 Å². The minimum absolute atomic E-state index is 0.0710. The van der Waals surface area contributed by atoms with Gasteiger partial charge >= 0.3 is 0 Å². The third-order valence-electron chi connectivity index (χ3n) is 5.53. The Morgan fingerprint density at radius 1 is 1.04 bits per heavy atom. The van der Waals surface area contributed by atoms with E-state index in [4.69, 9.17) is 0 Å². The van der Waals surface area contributed by atoms with E-state index in [-0.39, 0.29) is 23.7 Å². The molecule has 3 fully saturated rings. The van der Waals surface area contributed by atoms with Crippen LogP contribution < -0.4 is 5.32 Å². The Labute approximate surface area is 155 Å². The quantitative estimate of drug-likeness (QED) is 0.848.